The van der Waals surface area contributed by atoms with Gasteiger partial charge in [-0.15, -0.1) is 0 Å². The largest absolute Gasteiger partial charge is 0.496 e. The lowest BCUT2D eigenvalue weighted by Gasteiger charge is -2.37. The summed E-state index contributed by atoms with van der Waals surface area (Å²) >= 11 is 0. The molecule has 0 aliphatic rings. The second-order valence-electron chi connectivity index (χ2n) is 8.60. The van der Waals surface area contributed by atoms with Crippen LogP contribution in [0, 0.1) is 0 Å². The van der Waals surface area contributed by atoms with Gasteiger partial charge >= 0.3 is 11.8 Å². The molecule has 2 N–H and O–H groups in total. The number of aryl methyl sites for hydroxylation is 1. The van der Waals surface area contributed by atoms with Gasteiger partial charge in [-0.1, -0.05) is 44.1 Å². The van der Waals surface area contributed by atoms with Crippen molar-refractivity contribution >= 4 is 22.4 Å². The second kappa shape index (κ2) is 9.09. The summed E-state index contributed by atoms with van der Waals surface area (Å²) in [7, 11) is 1.39. The van der Waals surface area contributed by atoms with Gasteiger partial charge in [-0.25, -0.2) is 4.79 Å². The molecule has 0 saturated heterocycles. The van der Waals surface area contributed by atoms with Crippen molar-refractivity contribution in [3.8, 4) is 5.75 Å². The molecule has 1 heterocycles. The van der Waals surface area contributed by atoms with Crippen molar-refractivity contribution in [2.45, 2.75) is 50.8 Å². The maximum absolute atomic E-state index is 14.1. The summed E-state index contributed by atoms with van der Waals surface area (Å²) in [6.07, 6.45) is -5.85. The number of methoxy groups -OCH3 is 1. The third-order valence-electron chi connectivity index (χ3n) is 5.76. The number of alkyl halides is 3. The van der Waals surface area contributed by atoms with E-state index in [0.29, 0.717) is 28.8 Å². The van der Waals surface area contributed by atoms with Crippen molar-refractivity contribution in [2.75, 3.05) is 12.4 Å². The normalized spacial score (nSPS) is 14.0. The molecule has 0 aliphatic heterocycles. The van der Waals surface area contributed by atoms with Gasteiger partial charge in [0.1, 0.15) is 5.75 Å². The molecule has 0 radical (unpaired) electrons. The number of rotatable bonds is 7. The minimum absolute atomic E-state index is 0.0302. The van der Waals surface area contributed by atoms with E-state index < -0.39 is 35.1 Å². The number of ether oxygens (including phenoxy) is 1. The smallest absolute Gasteiger partial charge is 0.426 e. The number of aliphatic hydroxyl groups is 1. The summed E-state index contributed by atoms with van der Waals surface area (Å²) in [6, 6.07) is 10.4. The summed E-state index contributed by atoms with van der Waals surface area (Å²) in [5.74, 6) is -1.30. The number of amides is 1. The number of nitrogens with one attached hydrogen (secondary N) is 1. The Morgan fingerprint density at radius 3 is 2.44 bits per heavy atom. The average Bonchev–Trinajstić information content (AvgIpc) is 2.78. The van der Waals surface area contributed by atoms with E-state index in [2.05, 4.69) is 10.5 Å². The number of nitrogens with zero attached hydrogens (tertiary/aromatic N) is 1. The molecule has 3 aromatic rings. The van der Waals surface area contributed by atoms with Gasteiger partial charge < -0.3 is 19.7 Å². The number of fused-ring (bicyclic) bond motifs is 1. The Morgan fingerprint density at radius 1 is 1.15 bits per heavy atom. The van der Waals surface area contributed by atoms with Crippen molar-refractivity contribution < 1.29 is 32.3 Å². The molecule has 10 heteroatoms. The molecule has 1 aromatic heterocycles. The van der Waals surface area contributed by atoms with E-state index in [9.17, 15) is 27.9 Å². The summed E-state index contributed by atoms with van der Waals surface area (Å²) in [5.41, 5.74) is -4.95. The second-order valence-corrected chi connectivity index (χ2v) is 8.60. The summed E-state index contributed by atoms with van der Waals surface area (Å²) in [6.45, 7) is 4.74. The Balaban J connectivity index is 2.00. The van der Waals surface area contributed by atoms with E-state index >= 15 is 0 Å². The fraction of sp³-hybridized carbons (Fsp3) is 0.375. The highest BCUT2D eigenvalue weighted by Gasteiger charge is 2.61. The zero-order valence-corrected chi connectivity index (χ0v) is 19.1. The summed E-state index contributed by atoms with van der Waals surface area (Å²) in [4.78, 5) is 24.8. The number of carbonyl (C=O) groups excluding carboxylic acids is 1. The molecule has 0 spiro atoms. The van der Waals surface area contributed by atoms with Crippen molar-refractivity contribution in [3.63, 3.8) is 0 Å². The quantitative estimate of drug-likeness (QED) is 0.523. The van der Waals surface area contributed by atoms with Gasteiger partial charge in [0.15, 0.2) is 0 Å². The van der Waals surface area contributed by atoms with Crippen LogP contribution < -0.4 is 15.7 Å². The highest BCUT2D eigenvalue weighted by atomic mass is 19.4. The standard InChI is InChI=1S/C24H25F3N2O5/c1-5-18-16-12-14(10-11-15(16)20(30)34-29-18)28-21(31)23(32,24(25,26)27)13-22(2,3)17-8-6-7-9-19(17)33-4/h6-12,32H,5,13H2,1-4H3,(H,28,31). The predicted molar refractivity (Wildman–Crippen MR) is 120 cm³/mol. The van der Waals surface area contributed by atoms with E-state index in [1.165, 1.54) is 39.2 Å². The average molecular weight is 478 g/mol. The number of para-hydroxylation sites is 1. The first-order valence-corrected chi connectivity index (χ1v) is 10.5. The van der Waals surface area contributed by atoms with Gasteiger partial charge in [0.05, 0.1) is 18.2 Å². The van der Waals surface area contributed by atoms with E-state index in [0.717, 1.165) is 0 Å². The molecule has 182 valence electrons. The number of hydrogen-bond donors (Lipinski definition) is 2. The number of aromatic nitrogens is 1. The van der Waals surface area contributed by atoms with Gasteiger partial charge in [-0.2, -0.15) is 13.2 Å². The molecule has 1 atom stereocenters. The van der Waals surface area contributed by atoms with E-state index in [1.807, 2.05) is 0 Å². The van der Waals surface area contributed by atoms with Crippen molar-refractivity contribution in [2.24, 2.45) is 0 Å². The highest BCUT2D eigenvalue weighted by molar-refractivity contribution is 5.99. The van der Waals surface area contributed by atoms with Crippen LogP contribution in [0.15, 0.2) is 51.8 Å². The van der Waals surface area contributed by atoms with E-state index in [4.69, 9.17) is 9.26 Å². The molecule has 0 saturated carbocycles. The first-order chi connectivity index (χ1) is 15.8. The Labute approximate surface area is 193 Å². The van der Waals surface area contributed by atoms with Crippen LogP contribution in [0.3, 0.4) is 0 Å². The van der Waals surface area contributed by atoms with Gasteiger partial charge in [0.25, 0.3) is 5.91 Å². The topological polar surface area (TPSA) is 102 Å². The molecule has 7 nitrogen and oxygen atoms in total. The lowest BCUT2D eigenvalue weighted by atomic mass is 9.74. The molecule has 34 heavy (non-hydrogen) atoms. The van der Waals surface area contributed by atoms with Crippen LogP contribution in [0.5, 0.6) is 5.75 Å². The van der Waals surface area contributed by atoms with E-state index in [-0.39, 0.29) is 11.1 Å². The van der Waals surface area contributed by atoms with Crippen molar-refractivity contribution in [1.29, 1.82) is 0 Å². The first-order valence-electron chi connectivity index (χ1n) is 10.5. The molecule has 1 amide bonds. The SMILES string of the molecule is CCc1noc(=O)c2ccc(NC(=O)C(O)(CC(C)(C)c3ccccc3OC)C(F)(F)F)cc12. The summed E-state index contributed by atoms with van der Waals surface area (Å²) < 4.78 is 52.3. The van der Waals surface area contributed by atoms with Crippen LogP contribution in [-0.2, 0) is 16.6 Å². The molecule has 2 aromatic carbocycles. The number of halogens is 3. The minimum atomic E-state index is -5.27. The van der Waals surface area contributed by atoms with Crippen molar-refractivity contribution in [3.05, 3.63) is 64.1 Å². The zero-order chi connectivity index (χ0) is 25.3. The molecule has 0 aliphatic carbocycles. The first kappa shape index (κ1) is 25.2. The van der Waals surface area contributed by atoms with Gasteiger partial charge in [0, 0.05) is 17.5 Å². The maximum Gasteiger partial charge on any atom is 0.426 e. The third-order valence-corrected chi connectivity index (χ3v) is 5.76. The fourth-order valence-corrected chi connectivity index (χ4v) is 3.97. The number of carbonyl (C=O) groups is 1. The van der Waals surface area contributed by atoms with Crippen LogP contribution in [0.25, 0.3) is 10.8 Å². The third kappa shape index (κ3) is 4.63. The van der Waals surface area contributed by atoms with Gasteiger partial charge in [0.2, 0.25) is 5.60 Å². The van der Waals surface area contributed by atoms with E-state index in [1.54, 1.807) is 31.2 Å². The maximum atomic E-state index is 14.1. The van der Waals surface area contributed by atoms with Gasteiger partial charge in [-0.3, -0.25) is 4.79 Å². The number of benzene rings is 2. The Hall–Kier alpha value is -3.40. The Morgan fingerprint density at radius 2 is 1.82 bits per heavy atom. The van der Waals surface area contributed by atoms with Crippen LogP contribution in [0.1, 0.15) is 38.4 Å². The van der Waals surface area contributed by atoms with Crippen LogP contribution >= 0.6 is 0 Å². The zero-order valence-electron chi connectivity index (χ0n) is 19.1. The Kier molecular flexibility index (Phi) is 6.75. The lowest BCUT2D eigenvalue weighted by molar-refractivity contribution is -0.254. The molecule has 0 fully saturated rings. The number of anilines is 1. The fourth-order valence-electron chi connectivity index (χ4n) is 3.97. The number of hydrogen-bond acceptors (Lipinski definition) is 6. The monoisotopic (exact) mass is 478 g/mol. The molecular weight excluding hydrogens is 453 g/mol. The Bertz CT molecular complexity index is 1270. The summed E-state index contributed by atoms with van der Waals surface area (Å²) in [5, 5.41) is 17.1. The molecular formula is C24H25F3N2O5. The minimum Gasteiger partial charge on any atom is -0.496 e. The van der Waals surface area contributed by atoms with Crippen LogP contribution in [0.2, 0.25) is 0 Å². The van der Waals surface area contributed by atoms with Gasteiger partial charge in [-0.05, 0) is 41.7 Å². The molecule has 0 bridgehead atoms. The van der Waals surface area contributed by atoms with Crippen LogP contribution in [0.4, 0.5) is 18.9 Å². The van der Waals surface area contributed by atoms with Crippen molar-refractivity contribution in [1.82, 2.24) is 5.16 Å². The molecule has 3 rings (SSSR count). The highest BCUT2D eigenvalue weighted by Crippen LogP contribution is 2.44. The predicted octanol–water partition coefficient (Wildman–Crippen LogP) is 4.36. The van der Waals surface area contributed by atoms with Crippen LogP contribution in [-0.4, -0.2) is 35.1 Å². The lowest BCUT2D eigenvalue weighted by Crippen LogP contribution is -2.57. The molecule has 1 unspecified atom stereocenters.